The molecule has 0 unspecified atom stereocenters. The van der Waals surface area contributed by atoms with E-state index in [1.807, 2.05) is 6.07 Å². The van der Waals surface area contributed by atoms with Gasteiger partial charge in [-0.3, -0.25) is 0 Å². The molecule has 1 aromatic rings. The van der Waals surface area contributed by atoms with E-state index in [1.165, 1.54) is 0 Å². The maximum Gasteiger partial charge on any atom is 0.123 e. The number of furan rings is 1. The lowest BCUT2D eigenvalue weighted by Crippen LogP contribution is -2.24. The van der Waals surface area contributed by atoms with E-state index in [0.29, 0.717) is 13.2 Å². The molecule has 0 aliphatic carbocycles. The molecule has 0 spiro atoms. The van der Waals surface area contributed by atoms with Crippen LogP contribution in [0.5, 0.6) is 0 Å². The smallest absolute Gasteiger partial charge is 0.123 e. The molecule has 0 aromatic carbocycles. The molecule has 1 N–H and O–H groups in total. The number of methoxy groups -OCH3 is 1. The minimum absolute atomic E-state index is 0.122. The summed E-state index contributed by atoms with van der Waals surface area (Å²) < 4.78 is 16.4. The summed E-state index contributed by atoms with van der Waals surface area (Å²) in [7, 11) is 1.73. The Balaban J connectivity index is 2.29. The Morgan fingerprint density at radius 2 is 2.17 bits per heavy atom. The van der Waals surface area contributed by atoms with Gasteiger partial charge in [0, 0.05) is 19.3 Å². The van der Waals surface area contributed by atoms with Gasteiger partial charge in [-0.15, -0.1) is 0 Å². The third-order valence-electron chi connectivity index (χ3n) is 3.03. The van der Waals surface area contributed by atoms with Gasteiger partial charge in [-0.25, -0.2) is 0 Å². The standard InChI is InChI=1S/C14H25NO3/c1-5-15-10-13-12(6-8-18-13)11-17-9-7-14(2,3)16-4/h6,8,15H,5,7,9-11H2,1-4H3. The molecule has 0 saturated heterocycles. The summed E-state index contributed by atoms with van der Waals surface area (Å²) in [5.74, 6) is 0.961. The molecule has 0 saturated carbocycles. The Hall–Kier alpha value is -0.840. The topological polar surface area (TPSA) is 43.6 Å². The second-order valence-corrected chi connectivity index (χ2v) is 4.92. The van der Waals surface area contributed by atoms with Crippen LogP contribution < -0.4 is 5.32 Å². The summed E-state index contributed by atoms with van der Waals surface area (Å²) in [6, 6.07) is 1.97. The van der Waals surface area contributed by atoms with Crippen molar-refractivity contribution in [3.05, 3.63) is 23.7 Å². The van der Waals surface area contributed by atoms with Crippen molar-refractivity contribution in [2.45, 2.75) is 45.9 Å². The number of hydrogen-bond donors (Lipinski definition) is 1. The summed E-state index contributed by atoms with van der Waals surface area (Å²) in [4.78, 5) is 0. The van der Waals surface area contributed by atoms with Crippen LogP contribution in [0.15, 0.2) is 16.7 Å². The zero-order chi connectivity index (χ0) is 13.4. The first-order chi connectivity index (χ1) is 8.59. The average Bonchev–Trinajstić information content (AvgIpc) is 2.79. The molecule has 0 aliphatic heterocycles. The summed E-state index contributed by atoms with van der Waals surface area (Å²) in [6.07, 6.45) is 2.59. The van der Waals surface area contributed by atoms with Gasteiger partial charge >= 0.3 is 0 Å². The molecule has 18 heavy (non-hydrogen) atoms. The fourth-order valence-electron chi connectivity index (χ4n) is 1.49. The van der Waals surface area contributed by atoms with Crippen molar-refractivity contribution >= 4 is 0 Å². The van der Waals surface area contributed by atoms with Crippen molar-refractivity contribution in [3.63, 3.8) is 0 Å². The molecule has 0 radical (unpaired) electrons. The van der Waals surface area contributed by atoms with Gasteiger partial charge in [-0.2, -0.15) is 0 Å². The highest BCUT2D eigenvalue weighted by molar-refractivity contribution is 5.15. The summed E-state index contributed by atoms with van der Waals surface area (Å²) >= 11 is 0. The molecule has 1 aromatic heterocycles. The van der Waals surface area contributed by atoms with Crippen LogP contribution in [0.1, 0.15) is 38.5 Å². The third kappa shape index (κ3) is 5.21. The average molecular weight is 255 g/mol. The number of rotatable bonds is 9. The van der Waals surface area contributed by atoms with E-state index < -0.39 is 0 Å². The van der Waals surface area contributed by atoms with Gasteiger partial charge in [0.15, 0.2) is 0 Å². The van der Waals surface area contributed by atoms with Crippen LogP contribution >= 0.6 is 0 Å². The second kappa shape index (κ2) is 7.56. The van der Waals surface area contributed by atoms with Gasteiger partial charge in [-0.05, 0) is 32.9 Å². The zero-order valence-electron chi connectivity index (χ0n) is 11.9. The molecular formula is C14H25NO3. The van der Waals surface area contributed by atoms with Gasteiger partial charge in [0.05, 0.1) is 25.0 Å². The minimum atomic E-state index is -0.122. The van der Waals surface area contributed by atoms with E-state index >= 15 is 0 Å². The zero-order valence-corrected chi connectivity index (χ0v) is 11.9. The Kier molecular flexibility index (Phi) is 6.39. The molecule has 0 bridgehead atoms. The molecular weight excluding hydrogens is 230 g/mol. The largest absolute Gasteiger partial charge is 0.468 e. The number of ether oxygens (including phenoxy) is 2. The van der Waals surface area contributed by atoms with Crippen LogP contribution in [-0.2, 0) is 22.6 Å². The fraction of sp³-hybridized carbons (Fsp3) is 0.714. The van der Waals surface area contributed by atoms with Crippen molar-refractivity contribution in [3.8, 4) is 0 Å². The van der Waals surface area contributed by atoms with Crippen molar-refractivity contribution in [1.29, 1.82) is 0 Å². The van der Waals surface area contributed by atoms with Gasteiger partial charge in [0.2, 0.25) is 0 Å². The third-order valence-corrected chi connectivity index (χ3v) is 3.03. The Morgan fingerprint density at radius 1 is 1.39 bits per heavy atom. The van der Waals surface area contributed by atoms with Crippen molar-refractivity contribution < 1.29 is 13.9 Å². The van der Waals surface area contributed by atoms with E-state index in [0.717, 1.165) is 30.8 Å². The van der Waals surface area contributed by atoms with Gasteiger partial charge in [-0.1, -0.05) is 6.92 Å². The van der Waals surface area contributed by atoms with Crippen molar-refractivity contribution in [2.24, 2.45) is 0 Å². The lowest BCUT2D eigenvalue weighted by molar-refractivity contribution is -0.0125. The fourth-order valence-corrected chi connectivity index (χ4v) is 1.49. The molecule has 1 rings (SSSR count). The predicted molar refractivity (Wildman–Crippen MR) is 71.4 cm³/mol. The van der Waals surface area contributed by atoms with E-state index in [1.54, 1.807) is 13.4 Å². The summed E-state index contributed by atoms with van der Waals surface area (Å²) in [6.45, 7) is 9.17. The maximum atomic E-state index is 5.67. The normalized spacial score (nSPS) is 12.0. The van der Waals surface area contributed by atoms with E-state index in [2.05, 4.69) is 26.1 Å². The first kappa shape index (κ1) is 15.2. The minimum Gasteiger partial charge on any atom is -0.468 e. The monoisotopic (exact) mass is 255 g/mol. The highest BCUT2D eigenvalue weighted by Gasteiger charge is 2.15. The van der Waals surface area contributed by atoms with Crippen LogP contribution in [0.2, 0.25) is 0 Å². The SMILES string of the molecule is CCNCc1occc1COCCC(C)(C)OC. The second-order valence-electron chi connectivity index (χ2n) is 4.92. The molecule has 0 aliphatic rings. The highest BCUT2D eigenvalue weighted by atomic mass is 16.5. The van der Waals surface area contributed by atoms with Crippen LogP contribution in [-0.4, -0.2) is 25.9 Å². The quantitative estimate of drug-likeness (QED) is 0.689. The maximum absolute atomic E-state index is 5.67. The Morgan fingerprint density at radius 3 is 2.83 bits per heavy atom. The summed E-state index contributed by atoms with van der Waals surface area (Å²) in [5, 5.41) is 3.25. The van der Waals surface area contributed by atoms with Gasteiger partial charge < -0.3 is 19.2 Å². The predicted octanol–water partition coefficient (Wildman–Crippen LogP) is 2.72. The lowest BCUT2D eigenvalue weighted by Gasteiger charge is -2.22. The van der Waals surface area contributed by atoms with Crippen LogP contribution in [0, 0.1) is 0 Å². The van der Waals surface area contributed by atoms with Gasteiger partial charge in [0.25, 0.3) is 0 Å². The number of nitrogens with one attached hydrogen (secondary N) is 1. The van der Waals surface area contributed by atoms with E-state index in [-0.39, 0.29) is 5.60 Å². The highest BCUT2D eigenvalue weighted by Crippen LogP contribution is 2.15. The number of hydrogen-bond acceptors (Lipinski definition) is 4. The Bertz CT molecular complexity index is 334. The van der Waals surface area contributed by atoms with Crippen molar-refractivity contribution in [2.75, 3.05) is 20.3 Å². The molecule has 1 heterocycles. The summed E-state index contributed by atoms with van der Waals surface area (Å²) in [5.41, 5.74) is 0.995. The molecule has 0 fully saturated rings. The van der Waals surface area contributed by atoms with Gasteiger partial charge in [0.1, 0.15) is 5.76 Å². The van der Waals surface area contributed by atoms with Crippen molar-refractivity contribution in [1.82, 2.24) is 5.32 Å². The first-order valence-electron chi connectivity index (χ1n) is 6.48. The molecule has 4 heteroatoms. The van der Waals surface area contributed by atoms with Crippen LogP contribution in [0.3, 0.4) is 0 Å². The Labute approximate surface area is 110 Å². The molecule has 104 valence electrons. The lowest BCUT2D eigenvalue weighted by atomic mass is 10.1. The molecule has 0 atom stereocenters. The van der Waals surface area contributed by atoms with E-state index in [9.17, 15) is 0 Å². The molecule has 0 amide bonds. The first-order valence-corrected chi connectivity index (χ1v) is 6.48. The van der Waals surface area contributed by atoms with Crippen LogP contribution in [0.4, 0.5) is 0 Å². The van der Waals surface area contributed by atoms with E-state index in [4.69, 9.17) is 13.9 Å². The molecule has 4 nitrogen and oxygen atoms in total. The van der Waals surface area contributed by atoms with Crippen LogP contribution in [0.25, 0.3) is 0 Å².